The first-order valence-corrected chi connectivity index (χ1v) is 7.12. The van der Waals surface area contributed by atoms with E-state index in [9.17, 15) is 9.59 Å². The number of carbonyl (C=O) groups excluding carboxylic acids is 1. The number of ether oxygens (including phenoxy) is 1. The van der Waals surface area contributed by atoms with Crippen molar-refractivity contribution in [2.75, 3.05) is 0 Å². The van der Waals surface area contributed by atoms with Gasteiger partial charge in [0.05, 0.1) is 6.42 Å². The maximum atomic E-state index is 11.9. The van der Waals surface area contributed by atoms with E-state index in [0.29, 0.717) is 12.3 Å². The van der Waals surface area contributed by atoms with Crippen LogP contribution in [0.15, 0.2) is 0 Å². The Balaban J connectivity index is 4.71. The van der Waals surface area contributed by atoms with Crippen LogP contribution in [0.25, 0.3) is 0 Å². The number of carboxylic acid groups (broad SMARTS) is 1. The minimum absolute atomic E-state index is 0.0192. The van der Waals surface area contributed by atoms with E-state index in [1.165, 1.54) is 0 Å². The van der Waals surface area contributed by atoms with Gasteiger partial charge in [0.25, 0.3) is 0 Å². The van der Waals surface area contributed by atoms with E-state index in [-0.39, 0.29) is 12.3 Å². The fourth-order valence-corrected chi connectivity index (χ4v) is 1.86. The summed E-state index contributed by atoms with van der Waals surface area (Å²) in [5.74, 6) is -1.35. The summed E-state index contributed by atoms with van der Waals surface area (Å²) in [5, 5.41) is 8.90. The van der Waals surface area contributed by atoms with Crippen molar-refractivity contribution in [1.29, 1.82) is 0 Å². The van der Waals surface area contributed by atoms with Crippen LogP contribution in [-0.4, -0.2) is 35.2 Å². The van der Waals surface area contributed by atoms with Crippen LogP contribution in [-0.2, 0) is 14.3 Å². The minimum atomic E-state index is -1.04. The highest BCUT2D eigenvalue weighted by Gasteiger charge is 2.29. The molecule has 5 N–H and O–H groups in total. The zero-order valence-electron chi connectivity index (χ0n) is 12.8. The average molecular weight is 288 g/mol. The predicted octanol–water partition coefficient (Wildman–Crippen LogP) is 1.12. The summed E-state index contributed by atoms with van der Waals surface area (Å²) in [6.45, 7) is 7.73. The molecule has 0 aromatic heterocycles. The molecule has 0 spiro atoms. The normalized spacial score (nSPS) is 17.4. The minimum Gasteiger partial charge on any atom is -0.481 e. The molecule has 0 aliphatic heterocycles. The van der Waals surface area contributed by atoms with E-state index in [4.69, 9.17) is 21.3 Å². The summed E-state index contributed by atoms with van der Waals surface area (Å²) >= 11 is 0. The van der Waals surface area contributed by atoms with Gasteiger partial charge in [0.15, 0.2) is 0 Å². The number of aliphatic carboxylic acids is 1. The van der Waals surface area contributed by atoms with Gasteiger partial charge in [-0.2, -0.15) is 0 Å². The number of esters is 1. The van der Waals surface area contributed by atoms with Gasteiger partial charge in [-0.1, -0.05) is 34.1 Å². The number of carbonyl (C=O) groups is 2. The van der Waals surface area contributed by atoms with Crippen LogP contribution < -0.4 is 11.5 Å². The van der Waals surface area contributed by atoms with Crippen molar-refractivity contribution in [1.82, 2.24) is 0 Å². The Morgan fingerprint density at radius 1 is 1.20 bits per heavy atom. The van der Waals surface area contributed by atoms with Gasteiger partial charge in [-0.25, -0.2) is 0 Å². The molecule has 0 radical (unpaired) electrons. The maximum Gasteiger partial charge on any atom is 0.323 e. The molecule has 0 aliphatic carbocycles. The second-order valence-corrected chi connectivity index (χ2v) is 5.78. The van der Waals surface area contributed by atoms with E-state index in [1.54, 1.807) is 0 Å². The van der Waals surface area contributed by atoms with Crippen molar-refractivity contribution in [2.45, 2.75) is 65.1 Å². The molecule has 0 saturated heterocycles. The second-order valence-electron chi connectivity index (χ2n) is 5.78. The highest BCUT2D eigenvalue weighted by Crippen LogP contribution is 2.15. The molecule has 6 nitrogen and oxygen atoms in total. The Kier molecular flexibility index (Phi) is 8.41. The first kappa shape index (κ1) is 18.9. The summed E-state index contributed by atoms with van der Waals surface area (Å²) in [4.78, 5) is 22.8. The van der Waals surface area contributed by atoms with Crippen LogP contribution in [0.5, 0.6) is 0 Å². The third-order valence-corrected chi connectivity index (χ3v) is 3.39. The lowest BCUT2D eigenvalue weighted by Crippen LogP contribution is -2.45. The molecule has 0 amide bonds. The van der Waals surface area contributed by atoms with Crippen molar-refractivity contribution < 1.29 is 19.4 Å². The van der Waals surface area contributed by atoms with Gasteiger partial charge in [-0.05, 0) is 18.3 Å². The molecule has 0 aromatic rings. The van der Waals surface area contributed by atoms with E-state index in [0.717, 1.165) is 6.42 Å². The third-order valence-electron chi connectivity index (χ3n) is 3.39. The lowest BCUT2D eigenvalue weighted by molar-refractivity contribution is -0.156. The Labute approximate surface area is 120 Å². The van der Waals surface area contributed by atoms with Crippen LogP contribution in [0.2, 0.25) is 0 Å². The molecule has 6 heteroatoms. The lowest BCUT2D eigenvalue weighted by Gasteiger charge is -2.26. The predicted molar refractivity (Wildman–Crippen MR) is 77.0 cm³/mol. The van der Waals surface area contributed by atoms with Crippen LogP contribution in [0.1, 0.15) is 47.0 Å². The van der Waals surface area contributed by atoms with E-state index < -0.39 is 30.1 Å². The quantitative estimate of drug-likeness (QED) is 0.547. The zero-order chi connectivity index (χ0) is 15.9. The molecule has 0 bridgehead atoms. The highest BCUT2D eigenvalue weighted by atomic mass is 16.5. The van der Waals surface area contributed by atoms with Crippen LogP contribution >= 0.6 is 0 Å². The van der Waals surface area contributed by atoms with E-state index in [2.05, 4.69) is 0 Å². The Morgan fingerprint density at radius 2 is 1.75 bits per heavy atom. The molecule has 0 aromatic carbocycles. The Hall–Kier alpha value is -1.14. The first-order chi connectivity index (χ1) is 9.18. The average Bonchev–Trinajstić information content (AvgIpc) is 2.34. The fourth-order valence-electron chi connectivity index (χ4n) is 1.86. The summed E-state index contributed by atoms with van der Waals surface area (Å²) < 4.78 is 5.24. The molecule has 20 heavy (non-hydrogen) atoms. The van der Waals surface area contributed by atoms with Crippen molar-refractivity contribution in [3.8, 4) is 0 Å². The number of rotatable bonds is 9. The summed E-state index contributed by atoms with van der Waals surface area (Å²) in [7, 11) is 0. The molecule has 0 unspecified atom stereocenters. The Bertz CT molecular complexity index is 320. The molecular formula is C14H28N2O4. The molecule has 0 rings (SSSR count). The standard InChI is InChI=1S/C14H28N2O4/c1-5-9(4)13(16)14(19)20-11(7-12(17)18)10(15)6-8(2)3/h8-11,13H,5-7,15-16H2,1-4H3,(H,17,18)/t9-,10-,11-,13-/m0/s1. The summed E-state index contributed by atoms with van der Waals surface area (Å²) in [5.41, 5.74) is 11.7. The van der Waals surface area contributed by atoms with Crippen LogP contribution in [0.3, 0.4) is 0 Å². The van der Waals surface area contributed by atoms with Crippen molar-refractivity contribution in [2.24, 2.45) is 23.3 Å². The van der Waals surface area contributed by atoms with Gasteiger partial charge in [0.2, 0.25) is 0 Å². The van der Waals surface area contributed by atoms with Gasteiger partial charge in [-0.15, -0.1) is 0 Å². The number of nitrogens with two attached hydrogens (primary N) is 2. The summed E-state index contributed by atoms with van der Waals surface area (Å²) in [6, 6.07) is -1.25. The van der Waals surface area contributed by atoms with Crippen molar-refractivity contribution in [3.63, 3.8) is 0 Å². The smallest absolute Gasteiger partial charge is 0.323 e. The molecule has 0 fully saturated rings. The number of hydrogen-bond acceptors (Lipinski definition) is 5. The second kappa shape index (κ2) is 8.92. The van der Waals surface area contributed by atoms with E-state index >= 15 is 0 Å². The molecule has 118 valence electrons. The third kappa shape index (κ3) is 6.86. The van der Waals surface area contributed by atoms with Gasteiger partial charge >= 0.3 is 11.9 Å². The highest BCUT2D eigenvalue weighted by molar-refractivity contribution is 5.76. The number of hydrogen-bond donors (Lipinski definition) is 3. The largest absolute Gasteiger partial charge is 0.481 e. The summed E-state index contributed by atoms with van der Waals surface area (Å²) in [6.07, 6.45) is 0.201. The zero-order valence-corrected chi connectivity index (χ0v) is 12.8. The van der Waals surface area contributed by atoms with Gasteiger partial charge in [0, 0.05) is 6.04 Å². The number of carboxylic acids is 1. The van der Waals surface area contributed by atoms with Gasteiger partial charge < -0.3 is 21.3 Å². The Morgan fingerprint density at radius 3 is 2.15 bits per heavy atom. The van der Waals surface area contributed by atoms with Crippen molar-refractivity contribution >= 4 is 11.9 Å². The molecule has 4 atom stereocenters. The van der Waals surface area contributed by atoms with Gasteiger partial charge in [-0.3, -0.25) is 9.59 Å². The molecule has 0 heterocycles. The lowest BCUT2D eigenvalue weighted by atomic mass is 9.97. The molecule has 0 saturated carbocycles. The van der Waals surface area contributed by atoms with Crippen LogP contribution in [0.4, 0.5) is 0 Å². The van der Waals surface area contributed by atoms with Crippen LogP contribution in [0, 0.1) is 11.8 Å². The SMILES string of the molecule is CC[C@H](C)[C@H](N)C(=O)O[C@@H](CC(=O)O)[C@@H](N)CC(C)C. The maximum absolute atomic E-state index is 11.9. The monoisotopic (exact) mass is 288 g/mol. The molecule has 0 aliphatic rings. The molecular weight excluding hydrogens is 260 g/mol. The fraction of sp³-hybridized carbons (Fsp3) is 0.857. The first-order valence-electron chi connectivity index (χ1n) is 7.12. The topological polar surface area (TPSA) is 116 Å². The van der Waals surface area contributed by atoms with E-state index in [1.807, 2.05) is 27.7 Å². The van der Waals surface area contributed by atoms with Gasteiger partial charge in [0.1, 0.15) is 12.1 Å². The van der Waals surface area contributed by atoms with Crippen molar-refractivity contribution in [3.05, 3.63) is 0 Å².